The van der Waals surface area contributed by atoms with Crippen LogP contribution in [0.15, 0.2) is 41.8 Å². The van der Waals surface area contributed by atoms with Crippen molar-refractivity contribution in [2.24, 2.45) is 0 Å². The number of sulfonamides is 1. The summed E-state index contributed by atoms with van der Waals surface area (Å²) in [7, 11) is -1.68. The lowest BCUT2D eigenvalue weighted by atomic mass is 10.2. The monoisotopic (exact) mass is 437 g/mol. The maximum atomic E-state index is 12.6. The molecular weight excluding hydrogens is 410 g/mol. The Labute approximate surface area is 176 Å². The summed E-state index contributed by atoms with van der Waals surface area (Å²) < 4.78 is 31.9. The number of anilines is 1. The summed E-state index contributed by atoms with van der Waals surface area (Å²) in [6, 6.07) is 11.6. The highest BCUT2D eigenvalue weighted by Crippen LogP contribution is 2.21. The van der Waals surface area contributed by atoms with Crippen LogP contribution in [0.4, 0.5) is 5.69 Å². The topological polar surface area (TPSA) is 79.0 Å². The molecule has 0 aliphatic carbocycles. The van der Waals surface area contributed by atoms with Gasteiger partial charge in [-0.2, -0.15) is 4.31 Å². The third-order valence-corrected chi connectivity index (χ3v) is 7.72. The van der Waals surface area contributed by atoms with E-state index in [0.29, 0.717) is 45.6 Å². The van der Waals surface area contributed by atoms with Gasteiger partial charge in [-0.05, 0) is 42.1 Å². The van der Waals surface area contributed by atoms with E-state index in [-0.39, 0.29) is 11.7 Å². The van der Waals surface area contributed by atoms with Crippen molar-refractivity contribution in [2.75, 3.05) is 50.5 Å². The number of carbonyl (C=O) groups is 1. The molecule has 0 atom stereocenters. The fourth-order valence-electron chi connectivity index (χ4n) is 3.26. The van der Waals surface area contributed by atoms with Crippen molar-refractivity contribution < 1.29 is 17.9 Å². The van der Waals surface area contributed by atoms with E-state index in [1.807, 2.05) is 41.8 Å². The smallest absolute Gasteiger partial charge is 0.225 e. The first kappa shape index (κ1) is 21.6. The number of nitrogens with zero attached hydrogens (tertiary/aromatic N) is 2. The van der Waals surface area contributed by atoms with E-state index in [1.165, 1.54) is 0 Å². The molecule has 9 heteroatoms. The van der Waals surface area contributed by atoms with Crippen LogP contribution in [0, 0.1) is 0 Å². The highest BCUT2D eigenvalue weighted by atomic mass is 32.2. The average Bonchev–Trinajstić information content (AvgIpc) is 3.24. The maximum Gasteiger partial charge on any atom is 0.225 e. The number of hydrogen-bond acceptors (Lipinski definition) is 6. The molecule has 1 fully saturated rings. The van der Waals surface area contributed by atoms with Crippen LogP contribution >= 0.6 is 11.3 Å². The molecule has 0 radical (unpaired) electrons. The van der Waals surface area contributed by atoms with E-state index >= 15 is 0 Å². The fourth-order valence-corrected chi connectivity index (χ4v) is 5.45. The predicted octanol–water partition coefficient (Wildman–Crippen LogP) is 1.96. The number of amides is 1. The van der Waals surface area contributed by atoms with Crippen molar-refractivity contribution in [3.8, 4) is 5.75 Å². The lowest BCUT2D eigenvalue weighted by Gasteiger charge is -2.35. The average molecular weight is 438 g/mol. The quantitative estimate of drug-likeness (QED) is 0.607. The molecule has 0 unspecified atom stereocenters. The molecule has 158 valence electrons. The second-order valence-corrected chi connectivity index (χ2v) is 9.98. The number of nitrogens with one attached hydrogen (secondary N) is 1. The molecule has 1 aromatic carbocycles. The second kappa shape index (κ2) is 10.1. The molecule has 1 aliphatic heterocycles. The number of carbonyl (C=O) groups excluding carboxylic acids is 1. The summed E-state index contributed by atoms with van der Waals surface area (Å²) in [5, 5.41) is 4.73. The van der Waals surface area contributed by atoms with E-state index in [9.17, 15) is 13.2 Å². The minimum absolute atomic E-state index is 0.0504. The first-order valence-corrected chi connectivity index (χ1v) is 12.1. The lowest BCUT2D eigenvalue weighted by Crippen LogP contribution is -2.49. The molecule has 2 heterocycles. The zero-order valence-corrected chi connectivity index (χ0v) is 18.2. The summed E-state index contributed by atoms with van der Waals surface area (Å²) in [4.78, 5) is 15.1. The highest BCUT2D eigenvalue weighted by molar-refractivity contribution is 7.89. The molecule has 1 N–H and O–H groups in total. The van der Waals surface area contributed by atoms with Gasteiger partial charge in [-0.25, -0.2) is 8.42 Å². The molecule has 1 amide bonds. The van der Waals surface area contributed by atoms with E-state index in [1.54, 1.807) is 22.8 Å². The molecule has 0 bridgehead atoms. The number of benzene rings is 1. The van der Waals surface area contributed by atoms with Gasteiger partial charge < -0.3 is 15.0 Å². The zero-order valence-electron chi connectivity index (χ0n) is 16.5. The molecular formula is C20H27N3O4S2. The Morgan fingerprint density at radius 2 is 1.86 bits per heavy atom. The largest absolute Gasteiger partial charge is 0.497 e. The summed E-state index contributed by atoms with van der Waals surface area (Å²) in [6.07, 6.45) is 0.759. The van der Waals surface area contributed by atoms with Crippen molar-refractivity contribution in [2.45, 2.75) is 12.8 Å². The number of piperazine rings is 1. The Kier molecular flexibility index (Phi) is 7.51. The SMILES string of the molecule is COc1ccc(N2CCN(S(=O)(=O)CCCNC(=O)Cc3cccs3)CC2)cc1. The summed E-state index contributed by atoms with van der Waals surface area (Å²) in [6.45, 7) is 2.62. The van der Waals surface area contributed by atoms with Gasteiger partial charge in [0.15, 0.2) is 0 Å². The summed E-state index contributed by atoms with van der Waals surface area (Å²) >= 11 is 1.54. The van der Waals surface area contributed by atoms with Crippen LogP contribution in [0.2, 0.25) is 0 Å². The molecule has 2 aromatic rings. The Bertz CT molecular complexity index is 875. The van der Waals surface area contributed by atoms with Crippen LogP contribution < -0.4 is 15.0 Å². The molecule has 3 rings (SSSR count). The van der Waals surface area contributed by atoms with Gasteiger partial charge in [-0.15, -0.1) is 11.3 Å². The number of hydrogen-bond donors (Lipinski definition) is 1. The Morgan fingerprint density at radius 3 is 2.48 bits per heavy atom. The van der Waals surface area contributed by atoms with E-state index < -0.39 is 10.0 Å². The third-order valence-electron chi connectivity index (χ3n) is 4.89. The van der Waals surface area contributed by atoms with Crippen molar-refractivity contribution in [1.29, 1.82) is 0 Å². The summed E-state index contributed by atoms with van der Waals surface area (Å²) in [5.41, 5.74) is 1.07. The van der Waals surface area contributed by atoms with Gasteiger partial charge in [-0.1, -0.05) is 6.07 Å². The van der Waals surface area contributed by atoms with Gasteiger partial charge in [0.25, 0.3) is 0 Å². The molecule has 1 aromatic heterocycles. The first-order valence-electron chi connectivity index (χ1n) is 9.64. The van der Waals surface area contributed by atoms with Crippen LogP contribution in [0.1, 0.15) is 11.3 Å². The van der Waals surface area contributed by atoms with Crippen molar-refractivity contribution in [3.63, 3.8) is 0 Å². The van der Waals surface area contributed by atoms with Crippen LogP contribution in [-0.2, 0) is 21.2 Å². The van der Waals surface area contributed by atoms with E-state index in [0.717, 1.165) is 16.3 Å². The zero-order chi connectivity index (χ0) is 20.7. The Morgan fingerprint density at radius 1 is 1.14 bits per heavy atom. The number of thiophene rings is 1. The maximum absolute atomic E-state index is 12.6. The number of rotatable bonds is 9. The molecule has 1 aliphatic rings. The first-order chi connectivity index (χ1) is 14.0. The summed E-state index contributed by atoms with van der Waals surface area (Å²) in [5.74, 6) is 0.782. The fraction of sp³-hybridized carbons (Fsp3) is 0.450. The van der Waals surface area contributed by atoms with Crippen molar-refractivity contribution >= 4 is 33.0 Å². The van der Waals surface area contributed by atoms with Gasteiger partial charge in [0.1, 0.15) is 5.75 Å². The van der Waals surface area contributed by atoms with Crippen LogP contribution in [-0.4, -0.2) is 64.2 Å². The molecule has 1 saturated heterocycles. The van der Waals surface area contributed by atoms with Crippen LogP contribution in [0.25, 0.3) is 0 Å². The van der Waals surface area contributed by atoms with Crippen LogP contribution in [0.3, 0.4) is 0 Å². The predicted molar refractivity (Wildman–Crippen MR) is 116 cm³/mol. The number of ether oxygens (including phenoxy) is 1. The third kappa shape index (κ3) is 6.19. The van der Waals surface area contributed by atoms with Crippen molar-refractivity contribution in [3.05, 3.63) is 46.7 Å². The molecule has 0 saturated carbocycles. The lowest BCUT2D eigenvalue weighted by molar-refractivity contribution is -0.120. The van der Waals surface area contributed by atoms with Gasteiger partial charge in [0, 0.05) is 43.3 Å². The van der Waals surface area contributed by atoms with Gasteiger partial charge in [0.2, 0.25) is 15.9 Å². The normalized spacial score (nSPS) is 15.3. The minimum Gasteiger partial charge on any atom is -0.497 e. The molecule has 7 nitrogen and oxygen atoms in total. The van der Waals surface area contributed by atoms with Crippen LogP contribution in [0.5, 0.6) is 5.75 Å². The van der Waals surface area contributed by atoms with Gasteiger partial charge >= 0.3 is 0 Å². The highest BCUT2D eigenvalue weighted by Gasteiger charge is 2.26. The van der Waals surface area contributed by atoms with E-state index in [2.05, 4.69) is 10.2 Å². The van der Waals surface area contributed by atoms with E-state index in [4.69, 9.17) is 4.74 Å². The minimum atomic E-state index is -3.31. The number of methoxy groups -OCH3 is 1. The Balaban J connectivity index is 1.39. The standard InChI is InChI=1S/C20H27N3O4S2/c1-27-18-7-5-17(6-8-18)22-10-12-23(13-11-22)29(25,26)15-3-9-21-20(24)16-19-4-2-14-28-19/h2,4-8,14H,3,9-13,15-16H2,1H3,(H,21,24). The second-order valence-electron chi connectivity index (χ2n) is 6.86. The molecule has 29 heavy (non-hydrogen) atoms. The van der Waals surface area contributed by atoms with Gasteiger partial charge in [0.05, 0.1) is 19.3 Å². The Hall–Kier alpha value is -2.10. The van der Waals surface area contributed by atoms with Crippen molar-refractivity contribution in [1.82, 2.24) is 9.62 Å². The van der Waals surface area contributed by atoms with Gasteiger partial charge in [-0.3, -0.25) is 4.79 Å². The molecule has 0 spiro atoms.